The van der Waals surface area contributed by atoms with E-state index in [1.165, 1.54) is 18.2 Å². The number of benzene rings is 1. The van der Waals surface area contributed by atoms with Gasteiger partial charge < -0.3 is 10.6 Å². The Morgan fingerprint density at radius 2 is 2.05 bits per heavy atom. The lowest BCUT2D eigenvalue weighted by Crippen LogP contribution is -2.41. The van der Waals surface area contributed by atoms with E-state index >= 15 is 0 Å². The van der Waals surface area contributed by atoms with Gasteiger partial charge in [-0.15, -0.1) is 0 Å². The van der Waals surface area contributed by atoms with Crippen LogP contribution in [0, 0.1) is 12.7 Å². The van der Waals surface area contributed by atoms with E-state index in [2.05, 4.69) is 10.6 Å². The van der Waals surface area contributed by atoms with Crippen molar-refractivity contribution in [2.75, 3.05) is 11.9 Å². The average molecular weight is 293 g/mol. The first-order valence-corrected chi connectivity index (χ1v) is 6.41. The Kier molecular flexibility index (Phi) is 3.67. The molecule has 21 heavy (non-hydrogen) atoms. The molecule has 0 radical (unpaired) electrons. The highest BCUT2D eigenvalue weighted by Gasteiger charge is 2.44. The molecule has 112 valence electrons. The van der Waals surface area contributed by atoms with Gasteiger partial charge in [0.05, 0.1) is 0 Å². The van der Waals surface area contributed by atoms with Gasteiger partial charge in [-0.25, -0.2) is 9.18 Å². The van der Waals surface area contributed by atoms with Crippen molar-refractivity contribution < 1.29 is 18.8 Å². The smallest absolute Gasteiger partial charge is 0.324 e. The van der Waals surface area contributed by atoms with Gasteiger partial charge in [-0.1, -0.05) is 6.07 Å². The molecule has 0 aromatic heterocycles. The molecule has 1 aliphatic rings. The van der Waals surface area contributed by atoms with Crippen molar-refractivity contribution in [1.29, 1.82) is 0 Å². The van der Waals surface area contributed by atoms with Gasteiger partial charge in [-0.3, -0.25) is 14.5 Å². The van der Waals surface area contributed by atoms with Crippen molar-refractivity contribution >= 4 is 23.5 Å². The van der Waals surface area contributed by atoms with Crippen LogP contribution in [0.3, 0.4) is 0 Å². The second-order valence-corrected chi connectivity index (χ2v) is 5.45. The molecule has 1 aromatic carbocycles. The van der Waals surface area contributed by atoms with Crippen LogP contribution in [-0.2, 0) is 9.59 Å². The third-order valence-corrected chi connectivity index (χ3v) is 3.22. The fourth-order valence-corrected chi connectivity index (χ4v) is 2.02. The molecule has 0 saturated carbocycles. The summed E-state index contributed by atoms with van der Waals surface area (Å²) in [4.78, 5) is 36.4. The van der Waals surface area contributed by atoms with Gasteiger partial charge in [0.2, 0.25) is 5.91 Å². The van der Waals surface area contributed by atoms with E-state index in [0.717, 1.165) is 4.90 Å². The number of nitrogens with one attached hydrogen (secondary N) is 2. The number of aryl methyl sites for hydroxylation is 1. The van der Waals surface area contributed by atoms with Crippen molar-refractivity contribution in [3.8, 4) is 0 Å². The highest BCUT2D eigenvalue weighted by molar-refractivity contribution is 6.09. The fourth-order valence-electron chi connectivity index (χ4n) is 2.02. The number of halogens is 1. The van der Waals surface area contributed by atoms with E-state index in [-0.39, 0.29) is 0 Å². The molecule has 7 heteroatoms. The Hall–Kier alpha value is -2.44. The number of anilines is 1. The highest BCUT2D eigenvalue weighted by atomic mass is 19.1. The SMILES string of the molecule is Cc1ccc(F)cc1NC(=O)CN1C(=O)NC(C)(C)C1=O. The minimum absolute atomic E-state index is 0.311. The number of nitrogens with zero attached hydrogens (tertiary/aromatic N) is 1. The molecular weight excluding hydrogens is 277 g/mol. The van der Waals surface area contributed by atoms with E-state index < -0.39 is 35.7 Å². The normalized spacial score (nSPS) is 16.9. The van der Waals surface area contributed by atoms with Gasteiger partial charge >= 0.3 is 6.03 Å². The van der Waals surface area contributed by atoms with E-state index in [9.17, 15) is 18.8 Å². The zero-order valence-corrected chi connectivity index (χ0v) is 12.0. The molecule has 0 bridgehead atoms. The molecule has 1 heterocycles. The van der Waals surface area contributed by atoms with Crippen LogP contribution in [0.1, 0.15) is 19.4 Å². The van der Waals surface area contributed by atoms with Crippen molar-refractivity contribution in [2.45, 2.75) is 26.3 Å². The van der Waals surface area contributed by atoms with Gasteiger partial charge in [0.25, 0.3) is 5.91 Å². The fraction of sp³-hybridized carbons (Fsp3) is 0.357. The molecule has 1 aliphatic heterocycles. The van der Waals surface area contributed by atoms with Crippen LogP contribution in [0.25, 0.3) is 0 Å². The molecule has 6 nitrogen and oxygen atoms in total. The van der Waals surface area contributed by atoms with Gasteiger partial charge in [-0.05, 0) is 38.5 Å². The lowest BCUT2D eigenvalue weighted by atomic mass is 10.1. The zero-order chi connectivity index (χ0) is 15.8. The van der Waals surface area contributed by atoms with Crippen molar-refractivity contribution in [2.24, 2.45) is 0 Å². The van der Waals surface area contributed by atoms with Gasteiger partial charge in [0.1, 0.15) is 17.9 Å². The van der Waals surface area contributed by atoms with E-state index in [1.54, 1.807) is 20.8 Å². The van der Waals surface area contributed by atoms with E-state index in [1.807, 2.05) is 0 Å². The Bertz CT molecular complexity index is 628. The molecule has 1 fully saturated rings. The predicted octanol–water partition coefficient (Wildman–Crippen LogP) is 1.40. The summed E-state index contributed by atoms with van der Waals surface area (Å²) in [7, 11) is 0. The van der Waals surface area contributed by atoms with Crippen molar-refractivity contribution in [1.82, 2.24) is 10.2 Å². The van der Waals surface area contributed by atoms with Crippen LogP contribution in [0.5, 0.6) is 0 Å². The summed E-state index contributed by atoms with van der Waals surface area (Å²) in [6.07, 6.45) is 0. The molecular formula is C14H16FN3O3. The van der Waals surface area contributed by atoms with Gasteiger partial charge in [0, 0.05) is 5.69 Å². The largest absolute Gasteiger partial charge is 0.325 e. The van der Waals surface area contributed by atoms with Crippen LogP contribution in [0.2, 0.25) is 0 Å². The third kappa shape index (κ3) is 3.01. The number of carbonyl (C=O) groups is 3. The topological polar surface area (TPSA) is 78.5 Å². The predicted molar refractivity (Wildman–Crippen MR) is 74.1 cm³/mol. The van der Waals surface area contributed by atoms with Crippen LogP contribution in [0.15, 0.2) is 18.2 Å². The van der Waals surface area contributed by atoms with E-state index in [4.69, 9.17) is 0 Å². The lowest BCUT2D eigenvalue weighted by Gasteiger charge is -2.16. The molecule has 1 aromatic rings. The maximum Gasteiger partial charge on any atom is 0.325 e. The molecule has 0 aliphatic carbocycles. The molecule has 4 amide bonds. The summed E-state index contributed by atoms with van der Waals surface area (Å²) in [6, 6.07) is 3.38. The summed E-state index contributed by atoms with van der Waals surface area (Å²) >= 11 is 0. The summed E-state index contributed by atoms with van der Waals surface area (Å²) < 4.78 is 13.1. The number of rotatable bonds is 3. The Morgan fingerprint density at radius 3 is 2.62 bits per heavy atom. The lowest BCUT2D eigenvalue weighted by molar-refractivity contribution is -0.132. The first-order chi connectivity index (χ1) is 9.70. The van der Waals surface area contributed by atoms with Crippen molar-refractivity contribution in [3.05, 3.63) is 29.6 Å². The maximum absolute atomic E-state index is 13.1. The number of hydrogen-bond donors (Lipinski definition) is 2. The minimum atomic E-state index is -1.02. The summed E-state index contributed by atoms with van der Waals surface area (Å²) in [5.74, 6) is -1.52. The molecule has 0 atom stereocenters. The first kappa shape index (κ1) is 15.0. The van der Waals surface area contributed by atoms with Gasteiger partial charge in [-0.2, -0.15) is 0 Å². The monoisotopic (exact) mass is 293 g/mol. The second-order valence-electron chi connectivity index (χ2n) is 5.45. The molecule has 1 saturated heterocycles. The summed E-state index contributed by atoms with van der Waals surface area (Å²) in [5.41, 5.74) is -0.0276. The standard InChI is InChI=1S/C14H16FN3O3/c1-8-4-5-9(15)6-10(8)16-11(19)7-18-12(20)14(2,3)17-13(18)21/h4-6H,7H2,1-3H3,(H,16,19)(H,17,21). The third-order valence-electron chi connectivity index (χ3n) is 3.22. The highest BCUT2D eigenvalue weighted by Crippen LogP contribution is 2.18. The molecule has 2 rings (SSSR count). The number of carbonyl (C=O) groups excluding carboxylic acids is 3. The minimum Gasteiger partial charge on any atom is -0.324 e. The Morgan fingerprint density at radius 1 is 1.38 bits per heavy atom. The number of urea groups is 1. The van der Waals surface area contributed by atoms with Gasteiger partial charge in [0.15, 0.2) is 0 Å². The first-order valence-electron chi connectivity index (χ1n) is 6.41. The number of hydrogen-bond acceptors (Lipinski definition) is 3. The molecule has 0 spiro atoms. The second kappa shape index (κ2) is 5.16. The van der Waals surface area contributed by atoms with Crippen LogP contribution in [0.4, 0.5) is 14.9 Å². The number of amides is 4. The van der Waals surface area contributed by atoms with Crippen LogP contribution < -0.4 is 10.6 Å². The van der Waals surface area contributed by atoms with Crippen LogP contribution in [-0.4, -0.2) is 34.8 Å². The quantitative estimate of drug-likeness (QED) is 0.827. The Labute approximate surface area is 121 Å². The van der Waals surface area contributed by atoms with Crippen molar-refractivity contribution in [3.63, 3.8) is 0 Å². The molecule has 2 N–H and O–H groups in total. The number of imide groups is 1. The maximum atomic E-state index is 13.1. The molecule has 0 unspecified atom stereocenters. The summed E-state index contributed by atoms with van der Waals surface area (Å²) in [6.45, 7) is 4.42. The average Bonchev–Trinajstić information content (AvgIpc) is 2.56. The van der Waals surface area contributed by atoms with Crippen LogP contribution >= 0.6 is 0 Å². The Balaban J connectivity index is 2.07. The van der Waals surface area contributed by atoms with E-state index in [0.29, 0.717) is 11.3 Å². The zero-order valence-electron chi connectivity index (χ0n) is 12.0. The summed E-state index contributed by atoms with van der Waals surface area (Å²) in [5, 5.41) is 4.97.